The fourth-order valence-electron chi connectivity index (χ4n) is 4.38. The maximum absolute atomic E-state index is 13.0. The number of carbonyl (C=O) groups excluding carboxylic acids is 4. The Hall–Kier alpha value is -4.20. The molecule has 1 aromatic heterocycles. The molecule has 0 saturated carbocycles. The van der Waals surface area contributed by atoms with Gasteiger partial charge in [0.05, 0.1) is 29.5 Å². The van der Waals surface area contributed by atoms with E-state index in [0.717, 1.165) is 29.0 Å². The number of ether oxygens (including phenoxy) is 1. The maximum atomic E-state index is 13.0. The number of nitrogens with zero attached hydrogens (tertiary/aromatic N) is 2. The summed E-state index contributed by atoms with van der Waals surface area (Å²) in [6, 6.07) is 15.2. The van der Waals surface area contributed by atoms with Gasteiger partial charge in [-0.05, 0) is 61.7 Å². The minimum absolute atomic E-state index is 0.00196. The third-order valence-corrected chi connectivity index (χ3v) is 6.11. The molecular formula is C26H22N2O6. The van der Waals surface area contributed by atoms with Gasteiger partial charge in [-0.3, -0.25) is 19.3 Å². The smallest absolute Gasteiger partial charge is 0.338 e. The third-order valence-electron chi connectivity index (χ3n) is 6.11. The van der Waals surface area contributed by atoms with E-state index in [2.05, 4.69) is 0 Å². The van der Waals surface area contributed by atoms with Crippen molar-refractivity contribution in [2.24, 2.45) is 0 Å². The van der Waals surface area contributed by atoms with Crippen molar-refractivity contribution in [1.82, 2.24) is 4.90 Å². The number of aryl methyl sites for hydroxylation is 1. The molecule has 3 heterocycles. The van der Waals surface area contributed by atoms with E-state index < -0.39 is 23.9 Å². The highest BCUT2D eigenvalue weighted by Crippen LogP contribution is 2.28. The first-order chi connectivity index (χ1) is 16.4. The number of para-hydroxylation sites is 1. The topological polar surface area (TPSA) is 97.1 Å². The van der Waals surface area contributed by atoms with Crippen molar-refractivity contribution in [3.63, 3.8) is 0 Å². The Kier molecular flexibility index (Phi) is 5.49. The molecule has 0 saturated heterocycles. The summed E-state index contributed by atoms with van der Waals surface area (Å²) in [5, 5.41) is 0. The summed E-state index contributed by atoms with van der Waals surface area (Å²) in [5.74, 6) is -1.54. The van der Waals surface area contributed by atoms with Gasteiger partial charge in [-0.2, -0.15) is 0 Å². The largest absolute Gasteiger partial charge is 0.467 e. The lowest BCUT2D eigenvalue weighted by molar-refractivity contribution is -0.126. The molecule has 0 spiro atoms. The molecular weight excluding hydrogens is 436 g/mol. The summed E-state index contributed by atoms with van der Waals surface area (Å²) >= 11 is 0. The van der Waals surface area contributed by atoms with Gasteiger partial charge < -0.3 is 14.1 Å². The van der Waals surface area contributed by atoms with E-state index in [-0.39, 0.29) is 29.1 Å². The first kappa shape index (κ1) is 21.6. The lowest BCUT2D eigenvalue weighted by Gasteiger charge is -2.31. The highest BCUT2D eigenvalue weighted by atomic mass is 16.5. The molecule has 8 nitrogen and oxygen atoms in total. The Morgan fingerprint density at radius 1 is 1.03 bits per heavy atom. The first-order valence-corrected chi connectivity index (χ1v) is 11.1. The molecule has 0 N–H and O–H groups in total. The van der Waals surface area contributed by atoms with Crippen LogP contribution in [0.2, 0.25) is 0 Å². The van der Waals surface area contributed by atoms with Crippen molar-refractivity contribution >= 4 is 29.4 Å². The summed E-state index contributed by atoms with van der Waals surface area (Å²) < 4.78 is 10.7. The van der Waals surface area contributed by atoms with Gasteiger partial charge in [0.1, 0.15) is 5.76 Å². The van der Waals surface area contributed by atoms with Gasteiger partial charge in [0, 0.05) is 12.2 Å². The Balaban J connectivity index is 1.30. The fourth-order valence-corrected chi connectivity index (χ4v) is 4.38. The highest BCUT2D eigenvalue weighted by Gasteiger charge is 2.37. The Labute approximate surface area is 195 Å². The molecule has 172 valence electrons. The molecule has 5 rings (SSSR count). The average Bonchev–Trinajstić information content (AvgIpc) is 3.46. The lowest BCUT2D eigenvalue weighted by Crippen LogP contribution is -2.42. The molecule has 2 aliphatic rings. The van der Waals surface area contributed by atoms with Crippen molar-refractivity contribution in [1.29, 1.82) is 0 Å². The van der Waals surface area contributed by atoms with Gasteiger partial charge in [-0.25, -0.2) is 4.79 Å². The van der Waals surface area contributed by atoms with Crippen LogP contribution in [0.25, 0.3) is 0 Å². The monoisotopic (exact) mass is 458 g/mol. The Bertz CT molecular complexity index is 1300. The van der Waals surface area contributed by atoms with E-state index in [0.29, 0.717) is 12.3 Å². The van der Waals surface area contributed by atoms with E-state index in [1.807, 2.05) is 24.3 Å². The summed E-state index contributed by atoms with van der Waals surface area (Å²) in [6.07, 6.45) is 2.18. The zero-order valence-electron chi connectivity index (χ0n) is 18.5. The van der Waals surface area contributed by atoms with E-state index in [1.54, 1.807) is 17.0 Å². The predicted molar refractivity (Wildman–Crippen MR) is 121 cm³/mol. The van der Waals surface area contributed by atoms with Gasteiger partial charge in [-0.1, -0.05) is 18.2 Å². The van der Waals surface area contributed by atoms with Crippen LogP contribution in [0, 0.1) is 0 Å². The van der Waals surface area contributed by atoms with Gasteiger partial charge in [0.2, 0.25) is 0 Å². The first-order valence-electron chi connectivity index (χ1n) is 11.1. The number of carbonyl (C=O) groups is 4. The normalized spacial score (nSPS) is 15.7. The number of rotatable bonds is 5. The number of hydrogen-bond acceptors (Lipinski definition) is 6. The van der Waals surface area contributed by atoms with Crippen LogP contribution >= 0.6 is 0 Å². The van der Waals surface area contributed by atoms with Gasteiger partial charge >= 0.3 is 5.97 Å². The van der Waals surface area contributed by atoms with Gasteiger partial charge in [0.25, 0.3) is 17.7 Å². The summed E-state index contributed by atoms with van der Waals surface area (Å²) in [4.78, 5) is 54.0. The van der Waals surface area contributed by atoms with Gasteiger partial charge in [-0.15, -0.1) is 0 Å². The SMILES string of the molecule is CC(OC(=O)c1ccc2c(c1)C(=O)N(Cc1ccco1)C2=O)C(=O)N1CCCc2ccccc21. The zero-order valence-corrected chi connectivity index (χ0v) is 18.5. The number of esters is 1. The average molecular weight is 458 g/mol. The summed E-state index contributed by atoms with van der Waals surface area (Å²) in [7, 11) is 0. The van der Waals surface area contributed by atoms with Crippen LogP contribution < -0.4 is 4.90 Å². The molecule has 0 aliphatic carbocycles. The number of anilines is 1. The Morgan fingerprint density at radius 2 is 1.82 bits per heavy atom. The standard InChI is InChI=1S/C26H22N2O6/c1-16(23(29)27-12-4-7-17-6-2-3-9-22(17)27)34-26(32)18-10-11-20-21(14-18)25(31)28(24(20)30)15-19-8-5-13-33-19/h2-3,5-6,8-11,13-14,16H,4,7,12,15H2,1H3. The van der Waals surface area contributed by atoms with Crippen LogP contribution in [-0.2, 0) is 22.5 Å². The number of furan rings is 1. The quantitative estimate of drug-likeness (QED) is 0.428. The zero-order chi connectivity index (χ0) is 23.8. The second-order valence-corrected chi connectivity index (χ2v) is 8.31. The van der Waals surface area contributed by atoms with Crippen LogP contribution in [0.3, 0.4) is 0 Å². The highest BCUT2D eigenvalue weighted by molar-refractivity contribution is 6.21. The number of benzene rings is 2. The molecule has 34 heavy (non-hydrogen) atoms. The molecule has 1 unspecified atom stereocenters. The molecule has 8 heteroatoms. The Morgan fingerprint density at radius 3 is 2.62 bits per heavy atom. The van der Waals surface area contributed by atoms with Crippen LogP contribution in [0.5, 0.6) is 0 Å². The number of hydrogen-bond donors (Lipinski definition) is 0. The van der Waals surface area contributed by atoms with Crippen LogP contribution in [0.1, 0.15) is 55.7 Å². The van der Waals surface area contributed by atoms with Crippen LogP contribution in [0.4, 0.5) is 5.69 Å². The summed E-state index contributed by atoms with van der Waals surface area (Å²) in [6.45, 7) is 2.09. The van der Waals surface area contributed by atoms with Crippen molar-refractivity contribution in [2.75, 3.05) is 11.4 Å². The minimum Gasteiger partial charge on any atom is -0.467 e. The van der Waals surface area contributed by atoms with E-state index >= 15 is 0 Å². The molecule has 1 atom stereocenters. The van der Waals surface area contributed by atoms with Crippen LogP contribution in [-0.4, -0.2) is 41.2 Å². The summed E-state index contributed by atoms with van der Waals surface area (Å²) in [5.41, 5.74) is 2.34. The number of imide groups is 1. The molecule has 3 amide bonds. The molecule has 2 aromatic carbocycles. The van der Waals surface area contributed by atoms with E-state index in [9.17, 15) is 19.2 Å². The van der Waals surface area contributed by atoms with Crippen molar-refractivity contribution in [2.45, 2.75) is 32.4 Å². The molecule has 2 aliphatic heterocycles. The lowest BCUT2D eigenvalue weighted by atomic mass is 10.0. The number of fused-ring (bicyclic) bond motifs is 2. The van der Waals surface area contributed by atoms with Gasteiger partial charge in [0.15, 0.2) is 6.10 Å². The molecule has 0 radical (unpaired) electrons. The van der Waals surface area contributed by atoms with Crippen molar-refractivity contribution in [3.05, 3.63) is 88.9 Å². The molecule has 0 fully saturated rings. The molecule has 0 bridgehead atoms. The fraction of sp³-hybridized carbons (Fsp3) is 0.231. The predicted octanol–water partition coefficient (Wildman–Crippen LogP) is 3.60. The number of amides is 3. The van der Waals surface area contributed by atoms with Crippen LogP contribution in [0.15, 0.2) is 65.3 Å². The second kappa shape index (κ2) is 8.62. The second-order valence-electron chi connectivity index (χ2n) is 8.31. The molecule has 3 aromatic rings. The van der Waals surface area contributed by atoms with E-state index in [4.69, 9.17) is 9.15 Å². The van der Waals surface area contributed by atoms with E-state index in [1.165, 1.54) is 31.4 Å². The maximum Gasteiger partial charge on any atom is 0.338 e. The van der Waals surface area contributed by atoms with Crippen molar-refractivity contribution < 1.29 is 28.3 Å². The van der Waals surface area contributed by atoms with Crippen molar-refractivity contribution in [3.8, 4) is 0 Å². The third kappa shape index (κ3) is 3.77. The minimum atomic E-state index is -1.01.